The highest BCUT2D eigenvalue weighted by atomic mass is 16.5. The zero-order valence-corrected chi connectivity index (χ0v) is 20.8. The largest absolute Gasteiger partial charge is 0.469 e. The first kappa shape index (κ1) is 25.5. The number of pyridine rings is 1. The third-order valence-corrected chi connectivity index (χ3v) is 6.65. The van der Waals surface area contributed by atoms with Gasteiger partial charge in [-0.2, -0.15) is 0 Å². The Morgan fingerprint density at radius 3 is 2.58 bits per heavy atom. The molecule has 1 N–H and O–H groups in total. The van der Waals surface area contributed by atoms with Crippen molar-refractivity contribution in [3.05, 3.63) is 76.9 Å². The summed E-state index contributed by atoms with van der Waals surface area (Å²) in [5.41, 5.74) is 5.99. The SMILES string of the molecule is COC(=O)Cc1ccccc1CCc1nc(Nc2ccc(C3CCN([B]C=O)CC3)nc2)ncc1C. The van der Waals surface area contributed by atoms with E-state index in [0.717, 1.165) is 78.7 Å². The molecule has 2 aromatic heterocycles. The Kier molecular flexibility index (Phi) is 8.78. The lowest BCUT2D eigenvalue weighted by Crippen LogP contribution is -2.36. The molecule has 36 heavy (non-hydrogen) atoms. The van der Waals surface area contributed by atoms with Crippen LogP contribution in [0.2, 0.25) is 0 Å². The van der Waals surface area contributed by atoms with Gasteiger partial charge in [0.15, 0.2) is 0 Å². The summed E-state index contributed by atoms with van der Waals surface area (Å²) >= 11 is 0. The first-order valence-electron chi connectivity index (χ1n) is 12.3. The molecule has 4 rings (SSSR count). The van der Waals surface area contributed by atoms with Gasteiger partial charge in [-0.05, 0) is 74.5 Å². The minimum absolute atomic E-state index is 0.242. The van der Waals surface area contributed by atoms with Crippen molar-refractivity contribution >= 4 is 31.2 Å². The highest BCUT2D eigenvalue weighted by molar-refractivity contribution is 6.64. The van der Waals surface area contributed by atoms with Crippen molar-refractivity contribution in [2.24, 2.45) is 0 Å². The number of ether oxygens (including phenoxy) is 1. The van der Waals surface area contributed by atoms with Gasteiger partial charge in [-0.15, -0.1) is 0 Å². The molecule has 0 atom stereocenters. The number of hydrogen-bond donors (Lipinski definition) is 1. The standard InChI is InChI=1S/C27H31BN5O3/c1-19-16-30-27(32-24(19)9-7-20-5-3-4-6-22(20)15-26(35)36-2)31-23-8-10-25(29-17-23)21-11-13-33(14-12-21)28-18-34/h3-6,8,10,16-18,21H,7,9,11-15H2,1-2H3,(H,30,31,32). The summed E-state index contributed by atoms with van der Waals surface area (Å²) in [5.74, 6) is 0.694. The predicted octanol–water partition coefficient (Wildman–Crippen LogP) is 3.41. The van der Waals surface area contributed by atoms with Crippen LogP contribution in [0.4, 0.5) is 11.6 Å². The van der Waals surface area contributed by atoms with Crippen molar-refractivity contribution < 1.29 is 14.3 Å². The Balaban J connectivity index is 1.37. The molecule has 185 valence electrons. The number of methoxy groups -OCH3 is 1. The monoisotopic (exact) mass is 484 g/mol. The molecule has 1 radical (unpaired) electrons. The molecule has 3 heterocycles. The molecule has 9 heteroatoms. The van der Waals surface area contributed by atoms with E-state index in [4.69, 9.17) is 9.72 Å². The van der Waals surface area contributed by atoms with E-state index in [0.29, 0.717) is 11.9 Å². The van der Waals surface area contributed by atoms with Gasteiger partial charge in [0, 0.05) is 23.5 Å². The van der Waals surface area contributed by atoms with E-state index in [1.54, 1.807) is 7.41 Å². The van der Waals surface area contributed by atoms with Crippen LogP contribution in [-0.2, 0) is 33.6 Å². The number of carbonyl (C=O) groups is 2. The Morgan fingerprint density at radius 2 is 1.89 bits per heavy atom. The first-order chi connectivity index (χ1) is 17.6. The number of aromatic nitrogens is 3. The van der Waals surface area contributed by atoms with E-state index in [-0.39, 0.29) is 12.4 Å². The van der Waals surface area contributed by atoms with E-state index < -0.39 is 0 Å². The van der Waals surface area contributed by atoms with Gasteiger partial charge in [0.2, 0.25) is 5.95 Å². The van der Waals surface area contributed by atoms with Crippen LogP contribution in [0.1, 0.15) is 46.8 Å². The fraction of sp³-hybridized carbons (Fsp3) is 0.370. The van der Waals surface area contributed by atoms with Gasteiger partial charge in [-0.3, -0.25) is 9.78 Å². The summed E-state index contributed by atoms with van der Waals surface area (Å²) in [6.45, 7) is 3.75. The number of anilines is 2. The van der Waals surface area contributed by atoms with E-state index in [9.17, 15) is 9.59 Å². The smallest absolute Gasteiger partial charge is 0.309 e. The van der Waals surface area contributed by atoms with Gasteiger partial charge in [0.1, 0.15) is 0 Å². The Labute approximate surface area is 212 Å². The molecule has 0 unspecified atom stereocenters. The fourth-order valence-electron chi connectivity index (χ4n) is 4.53. The van der Waals surface area contributed by atoms with E-state index in [2.05, 4.69) is 26.2 Å². The van der Waals surface area contributed by atoms with Gasteiger partial charge in [0.25, 0.3) is 7.41 Å². The molecule has 0 aliphatic carbocycles. The molecular formula is C27H31BN5O3. The van der Waals surface area contributed by atoms with Crippen molar-refractivity contribution in [3.8, 4) is 0 Å². The van der Waals surface area contributed by atoms with Crippen LogP contribution in [0, 0.1) is 6.92 Å². The zero-order valence-electron chi connectivity index (χ0n) is 20.8. The first-order valence-corrected chi connectivity index (χ1v) is 12.3. The summed E-state index contributed by atoms with van der Waals surface area (Å²) in [4.78, 5) is 38.4. The molecule has 0 spiro atoms. The van der Waals surface area contributed by atoms with E-state index in [1.165, 1.54) is 7.11 Å². The van der Waals surface area contributed by atoms with Crippen LogP contribution in [0.25, 0.3) is 0 Å². The van der Waals surface area contributed by atoms with Crippen molar-refractivity contribution in [2.45, 2.75) is 44.9 Å². The fourth-order valence-corrected chi connectivity index (χ4v) is 4.53. The highest BCUT2D eigenvalue weighted by Gasteiger charge is 2.21. The Morgan fingerprint density at radius 1 is 1.11 bits per heavy atom. The lowest BCUT2D eigenvalue weighted by Gasteiger charge is -2.30. The molecule has 0 bridgehead atoms. The molecule has 1 saturated heterocycles. The molecule has 1 aliphatic heterocycles. The second-order valence-electron chi connectivity index (χ2n) is 9.04. The van der Waals surface area contributed by atoms with Gasteiger partial charge >= 0.3 is 5.97 Å². The number of nitrogens with zero attached hydrogens (tertiary/aromatic N) is 4. The summed E-state index contributed by atoms with van der Waals surface area (Å²) in [6.07, 6.45) is 8.24. The molecule has 1 fully saturated rings. The van der Waals surface area contributed by atoms with Crippen molar-refractivity contribution in [3.63, 3.8) is 0 Å². The van der Waals surface area contributed by atoms with Gasteiger partial charge in [0.05, 0.1) is 31.6 Å². The van der Waals surface area contributed by atoms with Gasteiger partial charge in [-0.1, -0.05) is 24.3 Å². The number of nitrogens with one attached hydrogen (secondary N) is 1. The van der Waals surface area contributed by atoms with Gasteiger partial charge < -0.3 is 19.7 Å². The molecule has 1 aromatic carbocycles. The maximum atomic E-state index is 11.8. The molecular weight excluding hydrogens is 453 g/mol. The molecule has 1 aliphatic rings. The van der Waals surface area contributed by atoms with Crippen LogP contribution in [-0.4, -0.2) is 59.5 Å². The summed E-state index contributed by atoms with van der Waals surface area (Å²) in [7, 11) is 3.03. The molecule has 0 saturated carbocycles. The maximum absolute atomic E-state index is 11.8. The third kappa shape index (κ3) is 6.76. The lowest BCUT2D eigenvalue weighted by atomic mass is 9.86. The number of carbonyl (C=O) groups excluding carboxylic acids is 2. The quantitative estimate of drug-likeness (QED) is 0.266. The molecule has 3 aromatic rings. The number of hydrogen-bond acceptors (Lipinski definition) is 8. The second-order valence-corrected chi connectivity index (χ2v) is 9.04. The number of piperidine rings is 1. The predicted molar refractivity (Wildman–Crippen MR) is 140 cm³/mol. The number of esters is 1. The van der Waals surface area contributed by atoms with E-state index in [1.807, 2.05) is 49.6 Å². The van der Waals surface area contributed by atoms with Crippen LogP contribution in [0.5, 0.6) is 0 Å². The Bertz CT molecular complexity index is 1180. The average Bonchev–Trinajstić information content (AvgIpc) is 2.91. The summed E-state index contributed by atoms with van der Waals surface area (Å²) in [5, 5.41) is 3.27. The highest BCUT2D eigenvalue weighted by Crippen LogP contribution is 2.27. The van der Waals surface area contributed by atoms with Crippen molar-refractivity contribution in [1.29, 1.82) is 0 Å². The van der Waals surface area contributed by atoms with Crippen LogP contribution in [0.15, 0.2) is 48.8 Å². The van der Waals surface area contributed by atoms with Crippen LogP contribution < -0.4 is 5.32 Å². The van der Waals surface area contributed by atoms with Crippen LogP contribution >= 0.6 is 0 Å². The second kappa shape index (κ2) is 12.4. The lowest BCUT2D eigenvalue weighted by molar-refractivity contribution is -0.139. The average molecular weight is 484 g/mol. The maximum Gasteiger partial charge on any atom is 0.309 e. The topological polar surface area (TPSA) is 97.3 Å². The van der Waals surface area contributed by atoms with Crippen LogP contribution in [0.3, 0.4) is 0 Å². The van der Waals surface area contributed by atoms with Crippen molar-refractivity contribution in [2.75, 3.05) is 25.5 Å². The normalized spacial score (nSPS) is 14.3. The molecule has 0 amide bonds. The third-order valence-electron chi connectivity index (χ3n) is 6.65. The number of aryl methyl sites for hydroxylation is 3. The zero-order chi connectivity index (χ0) is 25.3. The minimum atomic E-state index is -0.242. The van der Waals surface area contributed by atoms with Crippen molar-refractivity contribution in [1.82, 2.24) is 19.8 Å². The molecule has 8 nitrogen and oxygen atoms in total. The minimum Gasteiger partial charge on any atom is -0.469 e. The summed E-state index contributed by atoms with van der Waals surface area (Å²) in [6, 6.07) is 12.0. The summed E-state index contributed by atoms with van der Waals surface area (Å²) < 4.78 is 4.83. The van der Waals surface area contributed by atoms with Gasteiger partial charge in [-0.25, -0.2) is 9.97 Å². The Hall–Kier alpha value is -3.59. The van der Waals surface area contributed by atoms with E-state index >= 15 is 0 Å². The number of rotatable bonds is 10. The number of benzene rings is 1.